The second-order valence-electron chi connectivity index (χ2n) is 7.51. The topological polar surface area (TPSA) is 102 Å². The molecule has 0 aromatic heterocycles. The molecule has 0 spiro atoms. The number of alkyl halides is 3. The van der Waals surface area contributed by atoms with Crippen molar-refractivity contribution in [2.24, 2.45) is 0 Å². The molecule has 3 rings (SSSR count). The van der Waals surface area contributed by atoms with Gasteiger partial charge in [-0.15, -0.1) is 0 Å². The summed E-state index contributed by atoms with van der Waals surface area (Å²) in [4.78, 5) is 39.7. The SMILES string of the molecule is COC(=O)[C@H]1C[C@H](N2C[C@@H]3CNCCN3C2=O)CN1C(C)C.O=C(O)C(F)(F)F. The molecule has 12 heteroatoms. The van der Waals surface area contributed by atoms with Crippen molar-refractivity contribution in [1.82, 2.24) is 20.0 Å². The molecule has 0 radical (unpaired) electrons. The second kappa shape index (κ2) is 9.16. The Morgan fingerprint density at radius 1 is 1.21 bits per heavy atom. The van der Waals surface area contributed by atoms with Crippen molar-refractivity contribution >= 4 is 18.0 Å². The van der Waals surface area contributed by atoms with Crippen molar-refractivity contribution < 1.29 is 37.4 Å². The Bertz CT molecular complexity index is 631. The monoisotopic (exact) mass is 424 g/mol. The number of urea groups is 1. The highest BCUT2D eigenvalue weighted by Crippen LogP contribution is 2.29. The summed E-state index contributed by atoms with van der Waals surface area (Å²) in [6, 6.07) is 0.524. The number of piperazine rings is 1. The van der Waals surface area contributed by atoms with Gasteiger partial charge >= 0.3 is 24.1 Å². The van der Waals surface area contributed by atoms with E-state index in [1.807, 2.05) is 9.80 Å². The molecule has 3 atom stereocenters. The highest BCUT2D eigenvalue weighted by molar-refractivity contribution is 5.79. The van der Waals surface area contributed by atoms with Gasteiger partial charge in [-0.2, -0.15) is 13.2 Å². The first-order valence-electron chi connectivity index (χ1n) is 9.39. The Morgan fingerprint density at radius 2 is 1.83 bits per heavy atom. The minimum Gasteiger partial charge on any atom is -0.475 e. The Morgan fingerprint density at radius 3 is 2.31 bits per heavy atom. The third-order valence-corrected chi connectivity index (χ3v) is 5.39. The predicted octanol–water partition coefficient (Wildman–Crippen LogP) is 0.353. The summed E-state index contributed by atoms with van der Waals surface area (Å²) in [6.07, 6.45) is -4.41. The number of carboxylic acids is 1. The summed E-state index contributed by atoms with van der Waals surface area (Å²) in [5, 5.41) is 10.5. The van der Waals surface area contributed by atoms with E-state index in [0.29, 0.717) is 6.42 Å². The zero-order valence-corrected chi connectivity index (χ0v) is 16.6. The van der Waals surface area contributed by atoms with Gasteiger partial charge in [0.05, 0.1) is 13.2 Å². The van der Waals surface area contributed by atoms with E-state index in [4.69, 9.17) is 14.6 Å². The molecule has 0 saturated carbocycles. The molecular weight excluding hydrogens is 397 g/mol. The van der Waals surface area contributed by atoms with Gasteiger partial charge in [-0.25, -0.2) is 9.59 Å². The van der Waals surface area contributed by atoms with Crippen LogP contribution in [0.25, 0.3) is 0 Å². The first-order valence-corrected chi connectivity index (χ1v) is 9.39. The van der Waals surface area contributed by atoms with Crippen LogP contribution in [-0.4, -0.2) is 108 Å². The number of nitrogens with one attached hydrogen (secondary N) is 1. The number of methoxy groups -OCH3 is 1. The number of aliphatic carboxylic acids is 1. The van der Waals surface area contributed by atoms with Crippen LogP contribution in [0.3, 0.4) is 0 Å². The molecule has 3 fully saturated rings. The van der Waals surface area contributed by atoms with Crippen LogP contribution in [0.4, 0.5) is 18.0 Å². The third kappa shape index (κ3) is 5.30. The van der Waals surface area contributed by atoms with Gasteiger partial charge in [0.15, 0.2) is 0 Å². The van der Waals surface area contributed by atoms with Crippen molar-refractivity contribution in [2.75, 3.05) is 39.8 Å². The number of nitrogens with zero attached hydrogens (tertiary/aromatic N) is 3. The van der Waals surface area contributed by atoms with Crippen LogP contribution in [0.5, 0.6) is 0 Å². The normalized spacial score (nSPS) is 27.6. The van der Waals surface area contributed by atoms with Gasteiger partial charge in [-0.1, -0.05) is 0 Å². The van der Waals surface area contributed by atoms with Gasteiger partial charge < -0.3 is 25.0 Å². The van der Waals surface area contributed by atoms with Crippen LogP contribution in [0, 0.1) is 0 Å². The number of carbonyl (C=O) groups is 3. The molecule has 0 bridgehead atoms. The smallest absolute Gasteiger partial charge is 0.475 e. The van der Waals surface area contributed by atoms with Crippen LogP contribution in [0.1, 0.15) is 20.3 Å². The fourth-order valence-corrected chi connectivity index (χ4v) is 3.95. The van der Waals surface area contributed by atoms with Gasteiger partial charge in [0.25, 0.3) is 0 Å². The minimum absolute atomic E-state index is 0.101. The van der Waals surface area contributed by atoms with Gasteiger partial charge in [0, 0.05) is 44.8 Å². The maximum Gasteiger partial charge on any atom is 0.490 e. The van der Waals surface area contributed by atoms with Crippen LogP contribution in [0.2, 0.25) is 0 Å². The number of fused-ring (bicyclic) bond motifs is 1. The molecule has 0 aromatic rings. The van der Waals surface area contributed by atoms with E-state index in [9.17, 15) is 22.8 Å². The Balaban J connectivity index is 0.000000370. The molecule has 2 amide bonds. The van der Waals surface area contributed by atoms with Crippen LogP contribution in [0.15, 0.2) is 0 Å². The molecule has 3 heterocycles. The number of halogens is 3. The number of carbonyl (C=O) groups excluding carboxylic acids is 2. The number of carboxylic acid groups (broad SMARTS) is 1. The maximum absolute atomic E-state index is 12.6. The Labute approximate surface area is 166 Å². The third-order valence-electron chi connectivity index (χ3n) is 5.39. The van der Waals surface area contributed by atoms with Crippen molar-refractivity contribution in [2.45, 2.75) is 50.6 Å². The number of esters is 1. The summed E-state index contributed by atoms with van der Waals surface area (Å²) in [7, 11) is 1.43. The zero-order valence-electron chi connectivity index (χ0n) is 16.6. The van der Waals surface area contributed by atoms with E-state index >= 15 is 0 Å². The van der Waals surface area contributed by atoms with Gasteiger partial charge in [0.2, 0.25) is 0 Å². The molecule has 0 aliphatic carbocycles. The van der Waals surface area contributed by atoms with E-state index in [2.05, 4.69) is 24.1 Å². The van der Waals surface area contributed by atoms with Gasteiger partial charge in [0.1, 0.15) is 6.04 Å². The van der Waals surface area contributed by atoms with E-state index in [1.54, 1.807) is 0 Å². The minimum atomic E-state index is -5.08. The molecule has 9 nitrogen and oxygen atoms in total. The lowest BCUT2D eigenvalue weighted by Gasteiger charge is -2.28. The lowest BCUT2D eigenvalue weighted by Crippen LogP contribution is -2.50. The number of likely N-dealkylation sites (tertiary alicyclic amines) is 1. The van der Waals surface area contributed by atoms with Crippen molar-refractivity contribution in [1.29, 1.82) is 0 Å². The Hall–Kier alpha value is -2.08. The largest absolute Gasteiger partial charge is 0.490 e. The highest BCUT2D eigenvalue weighted by Gasteiger charge is 2.47. The molecule has 3 aliphatic heterocycles. The van der Waals surface area contributed by atoms with Crippen molar-refractivity contribution in [3.05, 3.63) is 0 Å². The fourth-order valence-electron chi connectivity index (χ4n) is 3.95. The average Bonchev–Trinajstić information content (AvgIpc) is 3.23. The molecular formula is C17H27F3N4O5. The van der Waals surface area contributed by atoms with Crippen LogP contribution >= 0.6 is 0 Å². The lowest BCUT2D eigenvalue weighted by atomic mass is 10.1. The Kier molecular flexibility index (Phi) is 7.33. The van der Waals surface area contributed by atoms with Gasteiger partial charge in [-0.05, 0) is 20.3 Å². The van der Waals surface area contributed by atoms with Crippen molar-refractivity contribution in [3.8, 4) is 0 Å². The first kappa shape index (κ1) is 23.2. The van der Waals surface area contributed by atoms with E-state index < -0.39 is 12.1 Å². The molecule has 29 heavy (non-hydrogen) atoms. The summed E-state index contributed by atoms with van der Waals surface area (Å²) < 4.78 is 36.7. The van der Waals surface area contributed by atoms with E-state index in [0.717, 1.165) is 32.7 Å². The highest BCUT2D eigenvalue weighted by atomic mass is 19.4. The van der Waals surface area contributed by atoms with Gasteiger partial charge in [-0.3, -0.25) is 9.69 Å². The van der Waals surface area contributed by atoms with Crippen LogP contribution < -0.4 is 5.32 Å². The lowest BCUT2D eigenvalue weighted by molar-refractivity contribution is -0.192. The molecule has 0 unspecified atom stereocenters. The molecule has 0 aromatic carbocycles. The summed E-state index contributed by atoms with van der Waals surface area (Å²) >= 11 is 0. The van der Waals surface area contributed by atoms with Crippen molar-refractivity contribution in [3.63, 3.8) is 0 Å². The summed E-state index contributed by atoms with van der Waals surface area (Å²) in [5.74, 6) is -2.95. The maximum atomic E-state index is 12.6. The molecule has 3 saturated heterocycles. The summed E-state index contributed by atoms with van der Waals surface area (Å²) in [6.45, 7) is 8.18. The van der Waals surface area contributed by atoms with E-state index in [1.165, 1.54) is 7.11 Å². The second-order valence-corrected chi connectivity index (χ2v) is 7.51. The number of amides is 2. The molecule has 166 valence electrons. The molecule has 2 N–H and O–H groups in total. The fraction of sp³-hybridized carbons (Fsp3) is 0.824. The number of hydrogen-bond donors (Lipinski definition) is 2. The summed E-state index contributed by atoms with van der Waals surface area (Å²) in [5.41, 5.74) is 0. The zero-order chi connectivity index (χ0) is 21.9. The van der Waals surface area contributed by atoms with Crippen LogP contribution in [-0.2, 0) is 14.3 Å². The number of ether oxygens (including phenoxy) is 1. The number of rotatable bonds is 3. The standard InChI is InChI=1S/C15H26N4O3.C2HF3O2/c1-10(2)18-8-11(6-13(18)14(20)22-3)19-9-12-7-16-4-5-17(12)15(19)21;3-2(4,5)1(6)7/h10-13,16H,4-9H2,1-3H3;(H,6,7)/t11-,12-,13+;/m0./s1. The first-order chi connectivity index (χ1) is 13.5. The predicted molar refractivity (Wildman–Crippen MR) is 95.2 cm³/mol. The quantitative estimate of drug-likeness (QED) is 0.631. The average molecular weight is 424 g/mol. The van der Waals surface area contributed by atoms with E-state index in [-0.39, 0.29) is 36.2 Å². The molecule has 3 aliphatic rings. The number of hydrogen-bond acceptors (Lipinski definition) is 6.